The van der Waals surface area contributed by atoms with Crippen molar-refractivity contribution in [2.45, 2.75) is 18.9 Å². The van der Waals surface area contributed by atoms with E-state index in [4.69, 9.17) is 5.11 Å². The van der Waals surface area contributed by atoms with Crippen LogP contribution in [0.1, 0.15) is 12.8 Å². The smallest absolute Gasteiger partial charge is 0.404 e. The highest BCUT2D eigenvalue weighted by atomic mass is 16.6. The zero-order valence-electron chi connectivity index (χ0n) is 11.7. The van der Waals surface area contributed by atoms with Crippen LogP contribution in [0.4, 0.5) is 16.2 Å². The Balaban J connectivity index is 1.85. The highest BCUT2D eigenvalue weighted by molar-refractivity contribution is 5.87. The number of aromatic nitrogens is 2. The van der Waals surface area contributed by atoms with Gasteiger partial charge in [-0.05, 0) is 18.9 Å². The fourth-order valence-electron chi connectivity index (χ4n) is 2.81. The molecule has 9 nitrogen and oxygen atoms in total. The summed E-state index contributed by atoms with van der Waals surface area (Å²) in [6, 6.07) is 3.13. The second kappa shape index (κ2) is 5.51. The van der Waals surface area contributed by atoms with Gasteiger partial charge in [0.1, 0.15) is 5.69 Å². The van der Waals surface area contributed by atoms with E-state index in [9.17, 15) is 14.9 Å². The molecule has 3 N–H and O–H groups in total. The van der Waals surface area contributed by atoms with Crippen LogP contribution in [0.25, 0.3) is 10.9 Å². The average Bonchev–Trinajstić information content (AvgIpc) is 2.93. The summed E-state index contributed by atoms with van der Waals surface area (Å²) in [6.07, 6.45) is 1.74. The van der Waals surface area contributed by atoms with Gasteiger partial charge in [0.25, 0.3) is 5.69 Å². The van der Waals surface area contributed by atoms with Crippen molar-refractivity contribution in [2.75, 3.05) is 18.0 Å². The van der Waals surface area contributed by atoms with Gasteiger partial charge in [-0.2, -0.15) is 5.10 Å². The number of nitrogens with one attached hydrogen (secondary N) is 2. The van der Waals surface area contributed by atoms with Crippen LogP contribution in [-0.4, -0.2) is 45.5 Å². The molecule has 9 heteroatoms. The lowest BCUT2D eigenvalue weighted by atomic mass is 10.0. The van der Waals surface area contributed by atoms with Gasteiger partial charge in [0.2, 0.25) is 0 Å². The van der Waals surface area contributed by atoms with Crippen LogP contribution in [0, 0.1) is 10.1 Å². The lowest BCUT2D eigenvalue weighted by Gasteiger charge is -2.33. The summed E-state index contributed by atoms with van der Waals surface area (Å²) in [7, 11) is 0. The first-order valence-corrected chi connectivity index (χ1v) is 6.90. The largest absolute Gasteiger partial charge is 0.465 e. The predicted octanol–water partition coefficient (Wildman–Crippen LogP) is 1.71. The summed E-state index contributed by atoms with van der Waals surface area (Å²) in [6.45, 7) is 1.12. The Morgan fingerprint density at radius 3 is 2.82 bits per heavy atom. The summed E-state index contributed by atoms with van der Waals surface area (Å²) in [5.74, 6) is 0. The molecule has 1 fully saturated rings. The first-order chi connectivity index (χ1) is 10.5. The van der Waals surface area contributed by atoms with Crippen molar-refractivity contribution in [2.24, 2.45) is 0 Å². The Bertz CT molecular complexity index is 720. The zero-order chi connectivity index (χ0) is 15.7. The Hall–Kier alpha value is -2.84. The molecule has 1 saturated heterocycles. The summed E-state index contributed by atoms with van der Waals surface area (Å²) < 4.78 is 0. The molecule has 0 unspecified atom stereocenters. The lowest BCUT2D eigenvalue weighted by Crippen LogP contribution is -2.44. The van der Waals surface area contributed by atoms with Gasteiger partial charge in [-0.25, -0.2) is 4.79 Å². The zero-order valence-corrected chi connectivity index (χ0v) is 11.7. The number of nitro benzene ring substituents is 1. The molecule has 3 rings (SSSR count). The standard InChI is InChI=1S/C13H15N5O4/c19-13(20)15-9-1-3-17(4-2-9)11-6-10-8(7-14-16-10)5-12(11)18(21)22/h5-7,9,15H,1-4H2,(H,14,16)(H,19,20). The maximum absolute atomic E-state index is 11.3. The molecule has 2 aromatic rings. The van der Waals surface area contributed by atoms with E-state index < -0.39 is 11.0 Å². The molecule has 2 heterocycles. The predicted molar refractivity (Wildman–Crippen MR) is 79.1 cm³/mol. The fraction of sp³-hybridized carbons (Fsp3) is 0.385. The van der Waals surface area contributed by atoms with E-state index in [2.05, 4.69) is 15.5 Å². The minimum Gasteiger partial charge on any atom is -0.465 e. The van der Waals surface area contributed by atoms with E-state index in [0.29, 0.717) is 37.0 Å². The van der Waals surface area contributed by atoms with E-state index in [1.807, 2.05) is 4.90 Å². The SMILES string of the molecule is O=C(O)NC1CCN(c2cc3[nH]ncc3cc2[N+](=O)[O-])CC1. The number of amides is 1. The van der Waals surface area contributed by atoms with E-state index in [1.165, 1.54) is 6.07 Å². The normalized spacial score (nSPS) is 15.9. The topological polar surface area (TPSA) is 124 Å². The molecule has 22 heavy (non-hydrogen) atoms. The van der Waals surface area contributed by atoms with Gasteiger partial charge in [0.05, 0.1) is 16.6 Å². The number of benzene rings is 1. The van der Waals surface area contributed by atoms with Crippen molar-refractivity contribution in [3.05, 3.63) is 28.4 Å². The van der Waals surface area contributed by atoms with Crippen LogP contribution in [-0.2, 0) is 0 Å². The molecular formula is C13H15N5O4. The van der Waals surface area contributed by atoms with Crippen LogP contribution in [0.5, 0.6) is 0 Å². The minimum atomic E-state index is -1.04. The molecule has 0 radical (unpaired) electrons. The Kier molecular flexibility index (Phi) is 3.53. The number of carboxylic acid groups (broad SMARTS) is 1. The Morgan fingerprint density at radius 1 is 1.45 bits per heavy atom. The number of hydrogen-bond donors (Lipinski definition) is 3. The van der Waals surface area contributed by atoms with Gasteiger partial charge < -0.3 is 15.3 Å². The Labute approximate surface area is 125 Å². The molecule has 0 aliphatic carbocycles. The van der Waals surface area contributed by atoms with E-state index in [1.54, 1.807) is 12.3 Å². The number of rotatable bonds is 3. The van der Waals surface area contributed by atoms with Crippen molar-refractivity contribution in [1.29, 1.82) is 0 Å². The number of piperidine rings is 1. The number of fused-ring (bicyclic) bond motifs is 1. The van der Waals surface area contributed by atoms with Gasteiger partial charge in [-0.3, -0.25) is 15.2 Å². The van der Waals surface area contributed by atoms with Gasteiger partial charge in [0.15, 0.2) is 0 Å². The van der Waals surface area contributed by atoms with Crippen LogP contribution < -0.4 is 10.2 Å². The molecule has 0 bridgehead atoms. The summed E-state index contributed by atoms with van der Waals surface area (Å²) in [5.41, 5.74) is 1.32. The molecule has 116 valence electrons. The van der Waals surface area contributed by atoms with Crippen LogP contribution >= 0.6 is 0 Å². The number of nitro groups is 1. The Morgan fingerprint density at radius 2 is 2.18 bits per heavy atom. The van der Waals surface area contributed by atoms with Crippen LogP contribution in [0.15, 0.2) is 18.3 Å². The van der Waals surface area contributed by atoms with E-state index in [-0.39, 0.29) is 11.7 Å². The summed E-state index contributed by atoms with van der Waals surface area (Å²) >= 11 is 0. The number of H-pyrrole nitrogens is 1. The molecule has 0 saturated carbocycles. The van der Waals surface area contributed by atoms with Crippen LogP contribution in [0.3, 0.4) is 0 Å². The van der Waals surface area contributed by atoms with Gasteiger partial charge >= 0.3 is 6.09 Å². The van der Waals surface area contributed by atoms with Gasteiger partial charge in [-0.1, -0.05) is 0 Å². The van der Waals surface area contributed by atoms with Gasteiger partial charge in [-0.15, -0.1) is 0 Å². The fourth-order valence-corrected chi connectivity index (χ4v) is 2.81. The number of hydrogen-bond acceptors (Lipinski definition) is 5. The van der Waals surface area contributed by atoms with Crippen molar-refractivity contribution in [3.8, 4) is 0 Å². The molecule has 1 aliphatic heterocycles. The maximum Gasteiger partial charge on any atom is 0.404 e. The second-order valence-electron chi connectivity index (χ2n) is 5.27. The minimum absolute atomic E-state index is 0.0403. The molecule has 1 aromatic heterocycles. The summed E-state index contributed by atoms with van der Waals surface area (Å²) in [4.78, 5) is 23.5. The first-order valence-electron chi connectivity index (χ1n) is 6.90. The number of nitrogens with zero attached hydrogens (tertiary/aromatic N) is 3. The molecule has 1 aliphatic rings. The first kappa shape index (κ1) is 14.1. The molecular weight excluding hydrogens is 290 g/mol. The third kappa shape index (κ3) is 2.65. The second-order valence-corrected chi connectivity index (χ2v) is 5.27. The number of aromatic amines is 1. The molecule has 1 aromatic carbocycles. The quantitative estimate of drug-likeness (QED) is 0.585. The monoisotopic (exact) mass is 305 g/mol. The molecule has 0 spiro atoms. The average molecular weight is 305 g/mol. The van der Waals surface area contributed by atoms with Crippen molar-refractivity contribution >= 4 is 28.4 Å². The summed E-state index contributed by atoms with van der Waals surface area (Å²) in [5, 5.41) is 29.9. The molecule has 1 amide bonds. The highest BCUT2D eigenvalue weighted by Gasteiger charge is 2.26. The van der Waals surface area contributed by atoms with E-state index in [0.717, 1.165) is 5.52 Å². The molecule has 0 atom stereocenters. The number of anilines is 1. The van der Waals surface area contributed by atoms with Crippen molar-refractivity contribution in [1.82, 2.24) is 15.5 Å². The third-order valence-electron chi connectivity index (χ3n) is 3.90. The lowest BCUT2D eigenvalue weighted by molar-refractivity contribution is -0.384. The van der Waals surface area contributed by atoms with Crippen molar-refractivity contribution < 1.29 is 14.8 Å². The highest BCUT2D eigenvalue weighted by Crippen LogP contribution is 2.33. The van der Waals surface area contributed by atoms with E-state index >= 15 is 0 Å². The van der Waals surface area contributed by atoms with Gasteiger partial charge in [0, 0.05) is 30.6 Å². The van der Waals surface area contributed by atoms with Crippen molar-refractivity contribution in [3.63, 3.8) is 0 Å². The number of carbonyl (C=O) groups is 1. The maximum atomic E-state index is 11.3. The third-order valence-corrected chi connectivity index (χ3v) is 3.90. The van der Waals surface area contributed by atoms with Crippen LogP contribution in [0.2, 0.25) is 0 Å².